The lowest BCUT2D eigenvalue weighted by atomic mass is 10.0. The number of imide groups is 1. The first-order valence-corrected chi connectivity index (χ1v) is 22.8. The van der Waals surface area contributed by atoms with Crippen molar-refractivity contribution in [2.75, 3.05) is 30.3 Å². The molecule has 0 radical (unpaired) electrons. The molecule has 56 heavy (non-hydrogen) atoms. The van der Waals surface area contributed by atoms with E-state index in [-0.39, 0.29) is 59.8 Å². The number of thioether (sulfide) groups is 1. The van der Waals surface area contributed by atoms with Crippen molar-refractivity contribution in [2.24, 2.45) is 5.11 Å². The molecule has 3 aliphatic rings. The lowest BCUT2D eigenvalue weighted by Crippen LogP contribution is -2.47. The minimum absolute atomic E-state index is 0.0447. The van der Waals surface area contributed by atoms with Crippen LogP contribution in [0.5, 0.6) is 0 Å². The fraction of sp³-hybridized carbons (Fsp3) is 0.594. The Morgan fingerprint density at radius 3 is 2.48 bits per heavy atom. The fourth-order valence-corrected chi connectivity index (χ4v) is 10.1. The number of nitrogens with one attached hydrogen (secondary N) is 5. The van der Waals surface area contributed by atoms with E-state index in [9.17, 15) is 42.0 Å². The normalized spacial score (nSPS) is 20.7. The van der Waals surface area contributed by atoms with Crippen molar-refractivity contribution in [1.29, 1.82) is 0 Å². The lowest BCUT2D eigenvalue weighted by Gasteiger charge is -2.19. The summed E-state index contributed by atoms with van der Waals surface area (Å²) in [6.45, 7) is 0.614. The number of azide groups is 1. The van der Waals surface area contributed by atoms with E-state index in [0.717, 1.165) is 25.0 Å². The van der Waals surface area contributed by atoms with Gasteiger partial charge in [0.15, 0.2) is 5.25 Å². The average Bonchev–Trinajstić information content (AvgIpc) is 3.80. The molecule has 7 amide bonds. The third-order valence-electron chi connectivity index (χ3n) is 8.81. The van der Waals surface area contributed by atoms with Crippen LogP contribution in [0.4, 0.5) is 10.5 Å². The molecular formula is C32H43N9O11S4. The Morgan fingerprint density at radius 1 is 1.02 bits per heavy atom. The van der Waals surface area contributed by atoms with Crippen molar-refractivity contribution >= 4 is 90.7 Å². The number of carbonyl (C=O) groups is 7. The standard InChI is InChI=1S/C32H43N9O11S4/c33-40-39-20-10-8-19(9-11-20)29(45)36-21(5-3-4-13-34-25(42)7-2-1-6-23-28-22(18-53-23)37-32(48)38-28)30(46)35-14-16-55-54-15-12-27(44)52-41-26(43)17-24(31(41)47)56(49,50)51/h8-11,21-24,28H,1-7,12-18H2,(H,34,42)(H,35,46)(H,36,45)(H2,37,38,48)(H,49,50,51). The van der Waals surface area contributed by atoms with Gasteiger partial charge in [-0.15, -0.1) is 5.06 Å². The third-order valence-corrected chi connectivity index (χ3v) is 13.8. The summed E-state index contributed by atoms with van der Waals surface area (Å²) in [5, 5.41) is 16.2. The van der Waals surface area contributed by atoms with Crippen LogP contribution in [0.2, 0.25) is 0 Å². The van der Waals surface area contributed by atoms with Crippen molar-refractivity contribution in [2.45, 2.75) is 86.4 Å². The number of hydrogen-bond acceptors (Lipinski definition) is 14. The fourth-order valence-electron chi connectivity index (χ4n) is 5.95. The zero-order valence-corrected chi connectivity index (χ0v) is 33.3. The molecule has 3 saturated heterocycles. The molecule has 0 aromatic heterocycles. The van der Waals surface area contributed by atoms with Gasteiger partial charge in [0.25, 0.3) is 27.8 Å². The highest BCUT2D eigenvalue weighted by Crippen LogP contribution is 2.33. The second-order valence-corrected chi connectivity index (χ2v) is 18.4. The van der Waals surface area contributed by atoms with Crippen LogP contribution in [0.1, 0.15) is 68.1 Å². The Kier molecular flexibility index (Phi) is 17.4. The smallest absolute Gasteiger partial charge is 0.334 e. The van der Waals surface area contributed by atoms with E-state index in [0.29, 0.717) is 42.5 Å². The maximum absolute atomic E-state index is 13.2. The Bertz CT molecular complexity index is 1780. The topological polar surface area (TPSA) is 295 Å². The van der Waals surface area contributed by atoms with E-state index in [1.807, 2.05) is 11.8 Å². The summed E-state index contributed by atoms with van der Waals surface area (Å²) in [6.07, 6.45) is 3.21. The molecule has 0 aliphatic carbocycles. The predicted molar refractivity (Wildman–Crippen MR) is 208 cm³/mol. The molecule has 1 aromatic carbocycles. The highest BCUT2D eigenvalue weighted by Gasteiger charge is 2.48. The molecule has 3 fully saturated rings. The van der Waals surface area contributed by atoms with E-state index in [1.54, 1.807) is 0 Å². The minimum Gasteiger partial charge on any atom is -0.356 e. The Balaban J connectivity index is 1.13. The largest absolute Gasteiger partial charge is 0.356 e. The van der Waals surface area contributed by atoms with Crippen molar-refractivity contribution in [1.82, 2.24) is 31.6 Å². The van der Waals surface area contributed by atoms with Gasteiger partial charge in [-0.1, -0.05) is 45.3 Å². The molecule has 24 heteroatoms. The monoisotopic (exact) mass is 857 g/mol. The van der Waals surface area contributed by atoms with Gasteiger partial charge in [0.05, 0.1) is 24.9 Å². The first-order chi connectivity index (χ1) is 26.8. The molecule has 4 rings (SSSR count). The van der Waals surface area contributed by atoms with Crippen LogP contribution in [0, 0.1) is 0 Å². The first-order valence-electron chi connectivity index (χ1n) is 17.7. The molecule has 3 heterocycles. The molecule has 306 valence electrons. The Hall–Kier alpha value is -4.22. The number of amides is 7. The Labute approximate surface area is 334 Å². The summed E-state index contributed by atoms with van der Waals surface area (Å²) in [5.74, 6) is -2.87. The molecule has 5 unspecified atom stereocenters. The summed E-state index contributed by atoms with van der Waals surface area (Å²) in [6, 6.07) is 5.18. The quantitative estimate of drug-likeness (QED) is 0.0134. The van der Waals surface area contributed by atoms with Crippen molar-refractivity contribution < 1.29 is 51.4 Å². The highest BCUT2D eigenvalue weighted by atomic mass is 33.1. The molecule has 0 bridgehead atoms. The minimum atomic E-state index is -4.83. The van der Waals surface area contributed by atoms with Gasteiger partial charge in [-0.2, -0.15) is 20.2 Å². The molecule has 1 aromatic rings. The van der Waals surface area contributed by atoms with Gasteiger partial charge < -0.3 is 31.4 Å². The van der Waals surface area contributed by atoms with Crippen LogP contribution in [-0.2, 0) is 38.9 Å². The maximum Gasteiger partial charge on any atom is 0.334 e. The zero-order chi connectivity index (χ0) is 40.7. The number of nitrogens with zero attached hydrogens (tertiary/aromatic N) is 4. The third kappa shape index (κ3) is 13.8. The molecule has 3 aliphatic heterocycles. The van der Waals surface area contributed by atoms with Crippen LogP contribution in [0.15, 0.2) is 29.4 Å². The van der Waals surface area contributed by atoms with Crippen LogP contribution in [0.25, 0.3) is 10.4 Å². The van der Waals surface area contributed by atoms with Crippen molar-refractivity contribution in [3.63, 3.8) is 0 Å². The summed E-state index contributed by atoms with van der Waals surface area (Å²) >= 11 is 1.84. The summed E-state index contributed by atoms with van der Waals surface area (Å²) in [4.78, 5) is 93.5. The predicted octanol–water partition coefficient (Wildman–Crippen LogP) is 2.10. The van der Waals surface area contributed by atoms with Gasteiger partial charge in [-0.25, -0.2) is 9.59 Å². The highest BCUT2D eigenvalue weighted by molar-refractivity contribution is 8.76. The summed E-state index contributed by atoms with van der Waals surface area (Å²) in [7, 11) is -2.28. The molecule has 6 N–H and O–H groups in total. The van der Waals surface area contributed by atoms with Crippen LogP contribution in [0.3, 0.4) is 0 Å². The maximum atomic E-state index is 13.2. The molecule has 0 saturated carbocycles. The Morgan fingerprint density at radius 2 is 1.77 bits per heavy atom. The van der Waals surface area contributed by atoms with Crippen LogP contribution in [-0.4, -0.2) is 119 Å². The number of rotatable bonds is 23. The van der Waals surface area contributed by atoms with Gasteiger partial charge >= 0.3 is 12.0 Å². The summed E-state index contributed by atoms with van der Waals surface area (Å²) in [5.41, 5.74) is 9.20. The molecule has 0 spiro atoms. The molecule has 20 nitrogen and oxygen atoms in total. The lowest BCUT2D eigenvalue weighted by molar-refractivity contribution is -0.197. The van der Waals surface area contributed by atoms with Gasteiger partial charge in [-0.3, -0.25) is 28.5 Å². The number of hydrogen-bond donors (Lipinski definition) is 6. The van der Waals surface area contributed by atoms with Crippen LogP contribution >= 0.6 is 33.3 Å². The van der Waals surface area contributed by atoms with Gasteiger partial charge in [0, 0.05) is 58.2 Å². The van der Waals surface area contributed by atoms with E-state index in [2.05, 4.69) is 41.4 Å². The number of benzene rings is 1. The number of urea groups is 1. The van der Waals surface area contributed by atoms with E-state index in [1.165, 1.54) is 45.9 Å². The van der Waals surface area contributed by atoms with Gasteiger partial charge in [0.1, 0.15) is 6.04 Å². The van der Waals surface area contributed by atoms with Crippen molar-refractivity contribution in [3.8, 4) is 0 Å². The zero-order valence-electron chi connectivity index (χ0n) is 30.0. The van der Waals surface area contributed by atoms with E-state index < -0.39 is 57.4 Å². The number of hydroxylamine groups is 2. The van der Waals surface area contributed by atoms with Crippen molar-refractivity contribution in [3.05, 3.63) is 40.3 Å². The average molecular weight is 858 g/mol. The SMILES string of the molecule is [N-]=[N+]=Nc1ccc(C(=O)NC(CCCCNC(=O)CCCCC2SCC3NC(=O)NC32)C(=O)NCCSSCCC(=O)ON2C(=O)CC(S(=O)(=O)O)C2=O)cc1. The number of unbranched alkanes of at least 4 members (excludes halogenated alkanes) is 2. The second-order valence-electron chi connectivity index (χ2n) is 12.9. The number of fused-ring (bicyclic) bond motifs is 1. The van der Waals surface area contributed by atoms with E-state index in [4.69, 9.17) is 10.1 Å². The van der Waals surface area contributed by atoms with E-state index >= 15 is 0 Å². The van der Waals surface area contributed by atoms with Gasteiger partial charge in [0.2, 0.25) is 11.8 Å². The second kappa shape index (κ2) is 21.9. The first kappa shape index (κ1) is 44.5. The van der Waals surface area contributed by atoms with Gasteiger partial charge in [-0.05, 0) is 49.8 Å². The summed E-state index contributed by atoms with van der Waals surface area (Å²) < 4.78 is 31.6. The molecular weight excluding hydrogens is 815 g/mol. The number of carbonyl (C=O) groups excluding carboxylic acids is 7. The molecule has 5 atom stereocenters. The van der Waals surface area contributed by atoms with Crippen LogP contribution < -0.4 is 26.6 Å².